The van der Waals surface area contributed by atoms with Gasteiger partial charge in [0.2, 0.25) is 0 Å². The highest BCUT2D eigenvalue weighted by Gasteiger charge is 2.26. The van der Waals surface area contributed by atoms with Crippen molar-refractivity contribution in [2.45, 2.75) is 19.5 Å². The second-order valence-electron chi connectivity index (χ2n) is 6.77. The van der Waals surface area contributed by atoms with Gasteiger partial charge in [-0.15, -0.1) is 0 Å². The third-order valence-electron chi connectivity index (χ3n) is 4.90. The van der Waals surface area contributed by atoms with Gasteiger partial charge in [0.1, 0.15) is 16.7 Å². The van der Waals surface area contributed by atoms with Crippen molar-refractivity contribution in [1.82, 2.24) is 14.8 Å². The molecule has 4 aromatic rings. The lowest BCUT2D eigenvalue weighted by Gasteiger charge is -2.26. The van der Waals surface area contributed by atoms with Gasteiger partial charge in [0.25, 0.3) is 0 Å². The summed E-state index contributed by atoms with van der Waals surface area (Å²) in [5.74, 6) is 0. The van der Waals surface area contributed by atoms with Gasteiger partial charge in [-0.05, 0) is 36.8 Å². The standard InChI is InChI=1S/C21H16Cl2N4/c1-12-9-17-21-20(24-12)19(15-8-7-14(22)10-16(15)23)26-27(21)11-18(25-17)13-5-3-2-4-6-13/h2-10,18,25H,11H2,1H3/t18-/m1/s1. The Morgan fingerprint density at radius 1 is 1.07 bits per heavy atom. The summed E-state index contributed by atoms with van der Waals surface area (Å²) in [5.41, 5.74) is 6.69. The van der Waals surface area contributed by atoms with Crippen molar-refractivity contribution in [1.29, 1.82) is 0 Å². The van der Waals surface area contributed by atoms with Gasteiger partial charge < -0.3 is 5.32 Å². The molecule has 5 rings (SSSR count). The summed E-state index contributed by atoms with van der Waals surface area (Å²) < 4.78 is 2.03. The van der Waals surface area contributed by atoms with E-state index in [0.29, 0.717) is 10.0 Å². The van der Waals surface area contributed by atoms with E-state index >= 15 is 0 Å². The minimum atomic E-state index is 0.150. The fraction of sp³-hybridized carbons (Fsp3) is 0.143. The second-order valence-corrected chi connectivity index (χ2v) is 7.61. The molecule has 134 valence electrons. The van der Waals surface area contributed by atoms with Gasteiger partial charge in [0, 0.05) is 16.3 Å². The Kier molecular flexibility index (Phi) is 3.85. The lowest BCUT2D eigenvalue weighted by Crippen LogP contribution is -2.23. The number of hydrogen-bond donors (Lipinski definition) is 1. The van der Waals surface area contributed by atoms with Crippen LogP contribution in [0.4, 0.5) is 5.69 Å². The number of aromatic nitrogens is 3. The number of nitrogens with zero attached hydrogens (tertiary/aromatic N) is 3. The number of benzene rings is 2. The quantitative estimate of drug-likeness (QED) is 0.461. The maximum Gasteiger partial charge on any atom is 0.120 e. The molecule has 2 aromatic carbocycles. The molecule has 6 heteroatoms. The van der Waals surface area contributed by atoms with Crippen molar-refractivity contribution in [2.75, 3.05) is 5.32 Å². The zero-order valence-corrected chi connectivity index (χ0v) is 16.1. The molecule has 0 saturated heterocycles. The predicted octanol–water partition coefficient (Wildman–Crippen LogP) is 5.88. The van der Waals surface area contributed by atoms with Crippen molar-refractivity contribution in [2.24, 2.45) is 0 Å². The number of aryl methyl sites for hydroxylation is 1. The lowest BCUT2D eigenvalue weighted by atomic mass is 10.0. The molecule has 1 atom stereocenters. The summed E-state index contributed by atoms with van der Waals surface area (Å²) in [5, 5.41) is 9.71. The molecule has 1 aliphatic rings. The van der Waals surface area contributed by atoms with Crippen molar-refractivity contribution in [3.05, 3.63) is 75.9 Å². The zero-order valence-electron chi connectivity index (χ0n) is 14.6. The Balaban J connectivity index is 1.70. The number of pyridine rings is 1. The van der Waals surface area contributed by atoms with Crippen molar-refractivity contribution in [3.63, 3.8) is 0 Å². The molecule has 0 aliphatic carbocycles. The Morgan fingerprint density at radius 3 is 2.67 bits per heavy atom. The fourth-order valence-corrected chi connectivity index (χ4v) is 4.19. The van der Waals surface area contributed by atoms with E-state index in [2.05, 4.69) is 35.6 Å². The number of hydrogen-bond acceptors (Lipinski definition) is 3. The molecule has 0 spiro atoms. The van der Waals surface area contributed by atoms with Crippen LogP contribution >= 0.6 is 23.2 Å². The molecular weight excluding hydrogens is 379 g/mol. The van der Waals surface area contributed by atoms with E-state index in [1.165, 1.54) is 5.56 Å². The first kappa shape index (κ1) is 16.6. The van der Waals surface area contributed by atoms with Crippen molar-refractivity contribution < 1.29 is 0 Å². The predicted molar refractivity (Wildman–Crippen MR) is 111 cm³/mol. The Hall–Kier alpha value is -2.56. The van der Waals surface area contributed by atoms with E-state index in [4.69, 9.17) is 33.3 Å². The molecule has 0 fully saturated rings. The van der Waals surface area contributed by atoms with Crippen LogP contribution in [0.25, 0.3) is 22.3 Å². The summed E-state index contributed by atoms with van der Waals surface area (Å²) in [6.45, 7) is 2.72. The lowest BCUT2D eigenvalue weighted by molar-refractivity contribution is 0.555. The molecular formula is C21H16Cl2N4. The van der Waals surface area contributed by atoms with Crippen LogP contribution < -0.4 is 5.32 Å². The Bertz CT molecular complexity index is 1170. The minimum absolute atomic E-state index is 0.150. The molecule has 1 N–H and O–H groups in total. The highest BCUT2D eigenvalue weighted by Crippen LogP contribution is 2.39. The van der Waals surface area contributed by atoms with Gasteiger partial charge in [-0.2, -0.15) is 5.10 Å². The molecule has 0 amide bonds. The SMILES string of the molecule is Cc1cc2c3c(n1)c(-c1ccc(Cl)cc1Cl)nn3C[C@H](c1ccccc1)N2. The van der Waals surface area contributed by atoms with Crippen molar-refractivity contribution in [3.8, 4) is 11.3 Å². The molecule has 2 aromatic heterocycles. The normalized spacial score (nSPS) is 15.7. The van der Waals surface area contributed by atoms with Crippen LogP contribution in [0.1, 0.15) is 17.3 Å². The van der Waals surface area contributed by atoms with E-state index in [0.717, 1.165) is 40.2 Å². The molecule has 27 heavy (non-hydrogen) atoms. The Labute approximate surface area is 166 Å². The van der Waals surface area contributed by atoms with Crippen LogP contribution in [-0.2, 0) is 6.54 Å². The third-order valence-corrected chi connectivity index (χ3v) is 5.45. The molecule has 1 aliphatic heterocycles. The average molecular weight is 395 g/mol. The van der Waals surface area contributed by atoms with E-state index in [1.807, 2.05) is 29.8 Å². The topological polar surface area (TPSA) is 42.7 Å². The zero-order chi connectivity index (χ0) is 18.5. The number of anilines is 1. The summed E-state index contributed by atoms with van der Waals surface area (Å²) >= 11 is 12.5. The summed E-state index contributed by atoms with van der Waals surface area (Å²) in [6, 6.07) is 18.1. The van der Waals surface area contributed by atoms with Gasteiger partial charge in [-0.25, -0.2) is 4.98 Å². The maximum absolute atomic E-state index is 6.46. The molecule has 0 radical (unpaired) electrons. The van der Waals surface area contributed by atoms with E-state index in [1.54, 1.807) is 6.07 Å². The van der Waals surface area contributed by atoms with Crippen LogP contribution in [-0.4, -0.2) is 14.8 Å². The summed E-state index contributed by atoms with van der Waals surface area (Å²) in [7, 11) is 0. The highest BCUT2D eigenvalue weighted by molar-refractivity contribution is 6.36. The molecule has 4 nitrogen and oxygen atoms in total. The van der Waals surface area contributed by atoms with E-state index in [9.17, 15) is 0 Å². The van der Waals surface area contributed by atoms with Crippen LogP contribution in [0.5, 0.6) is 0 Å². The monoisotopic (exact) mass is 394 g/mol. The minimum Gasteiger partial charge on any atom is -0.375 e. The summed E-state index contributed by atoms with van der Waals surface area (Å²) in [6.07, 6.45) is 0. The highest BCUT2D eigenvalue weighted by atomic mass is 35.5. The number of nitrogens with one attached hydrogen (secondary N) is 1. The first-order valence-electron chi connectivity index (χ1n) is 8.75. The van der Waals surface area contributed by atoms with Gasteiger partial charge in [-0.3, -0.25) is 4.68 Å². The van der Waals surface area contributed by atoms with Gasteiger partial charge >= 0.3 is 0 Å². The largest absolute Gasteiger partial charge is 0.375 e. The van der Waals surface area contributed by atoms with E-state index < -0.39 is 0 Å². The smallest absolute Gasteiger partial charge is 0.120 e. The van der Waals surface area contributed by atoms with Crippen LogP contribution in [0.15, 0.2) is 54.6 Å². The second kappa shape index (κ2) is 6.25. The number of halogens is 2. The first-order valence-corrected chi connectivity index (χ1v) is 9.51. The van der Waals surface area contributed by atoms with Gasteiger partial charge in [-0.1, -0.05) is 53.5 Å². The molecule has 0 bridgehead atoms. The summed E-state index contributed by atoms with van der Waals surface area (Å²) in [4.78, 5) is 4.76. The van der Waals surface area contributed by atoms with Gasteiger partial charge in [0.05, 0.1) is 23.3 Å². The Morgan fingerprint density at radius 2 is 1.89 bits per heavy atom. The number of rotatable bonds is 2. The average Bonchev–Trinajstić information content (AvgIpc) is 3.01. The van der Waals surface area contributed by atoms with Crippen LogP contribution in [0.2, 0.25) is 10.0 Å². The van der Waals surface area contributed by atoms with Gasteiger partial charge in [0.15, 0.2) is 0 Å². The molecule has 0 saturated carbocycles. The van der Waals surface area contributed by atoms with Crippen LogP contribution in [0, 0.1) is 6.92 Å². The molecule has 0 unspecified atom stereocenters. The maximum atomic E-state index is 6.46. The molecule has 3 heterocycles. The van der Waals surface area contributed by atoms with Crippen molar-refractivity contribution >= 4 is 39.9 Å². The fourth-order valence-electron chi connectivity index (χ4n) is 3.70. The van der Waals surface area contributed by atoms with Crippen LogP contribution in [0.3, 0.4) is 0 Å². The third kappa shape index (κ3) is 2.76. The van der Waals surface area contributed by atoms with E-state index in [-0.39, 0.29) is 6.04 Å². The first-order chi connectivity index (χ1) is 13.1.